The number of hydrogen-bond donors (Lipinski definition) is 2. The van der Waals surface area contributed by atoms with Gasteiger partial charge in [0.05, 0.1) is 0 Å². The Balaban J connectivity index is 2.12. The fourth-order valence-corrected chi connectivity index (χ4v) is 2.51. The molecule has 25 heavy (non-hydrogen) atoms. The number of hydrogen-bond acceptors (Lipinski definition) is 2. The summed E-state index contributed by atoms with van der Waals surface area (Å²) in [6.07, 6.45) is 8.68. The molecule has 2 amide bonds. The van der Waals surface area contributed by atoms with Crippen molar-refractivity contribution in [1.82, 2.24) is 5.32 Å². The second-order valence-corrected chi connectivity index (χ2v) is 5.74. The Morgan fingerprint density at radius 3 is 1.68 bits per heavy atom. The second kappa shape index (κ2) is 9.23. The molecule has 0 aliphatic carbocycles. The number of nitrogens with two attached hydrogens (primary N) is 1. The minimum absolute atomic E-state index is 0.315. The van der Waals surface area contributed by atoms with Crippen LogP contribution in [0.25, 0.3) is 12.2 Å². The molecule has 0 atom stereocenters. The quantitative estimate of drug-likeness (QED) is 0.691. The maximum absolute atomic E-state index is 12.0. The van der Waals surface area contributed by atoms with Crippen molar-refractivity contribution >= 4 is 24.5 Å². The Kier molecular flexibility index (Phi) is 6.72. The molecule has 4 nitrogen and oxygen atoms in total. The first-order valence-corrected chi connectivity index (χ1v) is 8.11. The Morgan fingerprint density at radius 1 is 0.880 bits per heavy atom. The number of primary amides is 1. The third-order valence-corrected chi connectivity index (χ3v) is 3.96. The van der Waals surface area contributed by atoms with E-state index >= 15 is 0 Å². The zero-order valence-corrected chi connectivity index (χ0v) is 14.0. The van der Waals surface area contributed by atoms with E-state index < -0.39 is 11.4 Å². The Labute approximate surface area is 148 Å². The van der Waals surface area contributed by atoms with Crippen LogP contribution in [0.3, 0.4) is 0 Å². The van der Waals surface area contributed by atoms with Gasteiger partial charge in [-0.05, 0) is 24.0 Å². The summed E-state index contributed by atoms with van der Waals surface area (Å²) in [5.41, 5.74) is 6.49. The lowest BCUT2D eigenvalue weighted by Gasteiger charge is -2.27. The normalized spacial score (nSPS) is 11.7. The van der Waals surface area contributed by atoms with Crippen LogP contribution in [0.2, 0.25) is 0 Å². The number of rotatable bonds is 9. The maximum Gasteiger partial charge on any atom is 0.243 e. The molecule has 0 heterocycles. The van der Waals surface area contributed by atoms with E-state index in [9.17, 15) is 9.59 Å². The molecule has 0 saturated carbocycles. The van der Waals surface area contributed by atoms with Gasteiger partial charge in [-0.15, -0.1) is 0 Å². The molecule has 0 aliphatic heterocycles. The third-order valence-electron chi connectivity index (χ3n) is 3.96. The molecule has 128 valence electrons. The van der Waals surface area contributed by atoms with Gasteiger partial charge in [-0.3, -0.25) is 9.59 Å². The molecule has 0 aliphatic rings. The molecule has 0 fully saturated rings. The first kappa shape index (κ1) is 18.2. The lowest BCUT2D eigenvalue weighted by atomic mass is 9.89. The van der Waals surface area contributed by atoms with Gasteiger partial charge in [0.2, 0.25) is 12.3 Å². The average molecular weight is 334 g/mol. The molecule has 0 saturated heterocycles. The van der Waals surface area contributed by atoms with Crippen LogP contribution in [0.5, 0.6) is 0 Å². The van der Waals surface area contributed by atoms with E-state index in [4.69, 9.17) is 5.73 Å². The van der Waals surface area contributed by atoms with Crippen LogP contribution in [-0.2, 0) is 9.59 Å². The van der Waals surface area contributed by atoms with Crippen LogP contribution in [0.15, 0.2) is 72.8 Å². The number of amides is 2. The highest BCUT2D eigenvalue weighted by Crippen LogP contribution is 2.19. The van der Waals surface area contributed by atoms with Crippen molar-refractivity contribution in [2.45, 2.75) is 18.4 Å². The predicted molar refractivity (Wildman–Crippen MR) is 101 cm³/mol. The third kappa shape index (κ3) is 5.46. The van der Waals surface area contributed by atoms with Gasteiger partial charge in [0, 0.05) is 0 Å². The van der Waals surface area contributed by atoms with Gasteiger partial charge < -0.3 is 11.1 Å². The summed E-state index contributed by atoms with van der Waals surface area (Å²) in [7, 11) is 0. The van der Waals surface area contributed by atoms with E-state index in [-0.39, 0.29) is 0 Å². The molecule has 0 spiro atoms. The number of benzene rings is 2. The number of carbonyl (C=O) groups excluding carboxylic acids is 2. The van der Waals surface area contributed by atoms with Crippen LogP contribution in [-0.4, -0.2) is 17.9 Å². The van der Waals surface area contributed by atoms with E-state index in [0.717, 1.165) is 11.1 Å². The van der Waals surface area contributed by atoms with Gasteiger partial charge in [-0.2, -0.15) is 0 Å². The summed E-state index contributed by atoms with van der Waals surface area (Å²) >= 11 is 0. The highest BCUT2D eigenvalue weighted by Gasteiger charge is 2.33. The summed E-state index contributed by atoms with van der Waals surface area (Å²) in [4.78, 5) is 23.1. The van der Waals surface area contributed by atoms with Gasteiger partial charge in [0.15, 0.2) is 0 Å². The van der Waals surface area contributed by atoms with Gasteiger partial charge in [0.25, 0.3) is 0 Å². The summed E-state index contributed by atoms with van der Waals surface area (Å²) in [6.45, 7) is 0. The lowest BCUT2D eigenvalue weighted by Crippen LogP contribution is -2.54. The van der Waals surface area contributed by atoms with E-state index in [1.54, 1.807) is 0 Å². The van der Waals surface area contributed by atoms with E-state index in [1.807, 2.05) is 85.0 Å². The monoisotopic (exact) mass is 334 g/mol. The van der Waals surface area contributed by atoms with Crippen LogP contribution in [0, 0.1) is 0 Å². The highest BCUT2D eigenvalue weighted by atomic mass is 16.2. The fourth-order valence-electron chi connectivity index (χ4n) is 2.51. The summed E-state index contributed by atoms with van der Waals surface area (Å²) in [5, 5.41) is 2.61. The highest BCUT2D eigenvalue weighted by molar-refractivity contribution is 5.87. The molecular weight excluding hydrogens is 312 g/mol. The molecule has 3 N–H and O–H groups in total. The van der Waals surface area contributed by atoms with Crippen molar-refractivity contribution in [3.63, 3.8) is 0 Å². The number of nitrogens with one attached hydrogen (secondary N) is 1. The van der Waals surface area contributed by atoms with Gasteiger partial charge in [-0.1, -0.05) is 85.0 Å². The van der Waals surface area contributed by atoms with Crippen molar-refractivity contribution in [1.29, 1.82) is 0 Å². The molecular formula is C21H22N2O2. The van der Waals surface area contributed by atoms with Crippen molar-refractivity contribution in [2.24, 2.45) is 5.73 Å². The molecule has 0 radical (unpaired) electrons. The molecule has 0 bridgehead atoms. The molecule has 0 unspecified atom stereocenters. The van der Waals surface area contributed by atoms with Crippen LogP contribution < -0.4 is 11.1 Å². The average Bonchev–Trinajstić information content (AvgIpc) is 2.63. The van der Waals surface area contributed by atoms with Crippen LogP contribution in [0.1, 0.15) is 24.0 Å². The van der Waals surface area contributed by atoms with Gasteiger partial charge >= 0.3 is 0 Å². The Bertz CT molecular complexity index is 686. The van der Waals surface area contributed by atoms with Crippen molar-refractivity contribution < 1.29 is 9.59 Å². The van der Waals surface area contributed by atoms with Crippen molar-refractivity contribution in [2.75, 3.05) is 0 Å². The summed E-state index contributed by atoms with van der Waals surface area (Å²) < 4.78 is 0. The minimum Gasteiger partial charge on any atom is -0.368 e. The maximum atomic E-state index is 12.0. The molecule has 4 heteroatoms. The molecule has 2 rings (SSSR count). The van der Waals surface area contributed by atoms with Gasteiger partial charge in [-0.25, -0.2) is 0 Å². The standard InChI is InChI=1S/C21H22N2O2/c22-20(25)21(23-17-24,15-7-13-18-9-3-1-4-10-18)16-8-14-19-11-5-2-6-12-19/h1-14,17H,15-16H2,(H2,22,25)(H,23,24)/b13-7+,14-8+. The summed E-state index contributed by atoms with van der Waals surface area (Å²) in [5.74, 6) is -0.560. The zero-order chi connectivity index (χ0) is 18.0. The molecule has 2 aromatic carbocycles. The van der Waals surface area contributed by atoms with E-state index in [1.165, 1.54) is 0 Å². The van der Waals surface area contributed by atoms with E-state index in [0.29, 0.717) is 19.3 Å². The van der Waals surface area contributed by atoms with E-state index in [2.05, 4.69) is 5.32 Å². The SMILES string of the molecule is NC(=O)C(C/C=C/c1ccccc1)(C/C=C/c1ccccc1)NC=O. The Morgan fingerprint density at radius 2 is 1.32 bits per heavy atom. The first-order valence-electron chi connectivity index (χ1n) is 8.11. The number of carbonyl (C=O) groups is 2. The zero-order valence-electron chi connectivity index (χ0n) is 14.0. The van der Waals surface area contributed by atoms with Crippen LogP contribution in [0.4, 0.5) is 0 Å². The molecule has 0 aromatic heterocycles. The smallest absolute Gasteiger partial charge is 0.243 e. The van der Waals surface area contributed by atoms with Gasteiger partial charge in [0.1, 0.15) is 5.54 Å². The molecule has 2 aromatic rings. The van der Waals surface area contributed by atoms with Crippen molar-refractivity contribution in [3.8, 4) is 0 Å². The summed E-state index contributed by atoms with van der Waals surface area (Å²) in [6, 6.07) is 19.5. The minimum atomic E-state index is -1.14. The second-order valence-electron chi connectivity index (χ2n) is 5.74. The predicted octanol–water partition coefficient (Wildman–Crippen LogP) is 3.16. The van der Waals surface area contributed by atoms with Crippen molar-refractivity contribution in [3.05, 3.63) is 83.9 Å². The lowest BCUT2D eigenvalue weighted by molar-refractivity contribution is -0.127. The Hall–Kier alpha value is -3.14. The first-order chi connectivity index (χ1) is 12.2. The fraction of sp³-hybridized carbons (Fsp3) is 0.143. The van der Waals surface area contributed by atoms with Crippen LogP contribution >= 0.6 is 0 Å². The topological polar surface area (TPSA) is 72.2 Å². The largest absolute Gasteiger partial charge is 0.368 e.